The van der Waals surface area contributed by atoms with E-state index in [2.05, 4.69) is 15.3 Å². The zero-order chi connectivity index (χ0) is 20.7. The van der Waals surface area contributed by atoms with Gasteiger partial charge in [0.1, 0.15) is 18.1 Å². The van der Waals surface area contributed by atoms with Crippen LogP contribution < -0.4 is 15.8 Å². The van der Waals surface area contributed by atoms with Crippen molar-refractivity contribution in [2.45, 2.75) is 20.5 Å². The Morgan fingerprint density at radius 1 is 1.39 bits per heavy atom. The fourth-order valence-electron chi connectivity index (χ4n) is 2.32. The monoisotopic (exact) mass is 388 g/mol. The van der Waals surface area contributed by atoms with Gasteiger partial charge in [0.15, 0.2) is 0 Å². The number of hydrogen-bond acceptors (Lipinski definition) is 6. The summed E-state index contributed by atoms with van der Waals surface area (Å²) < 4.78 is 19.3. The second kappa shape index (κ2) is 9.27. The summed E-state index contributed by atoms with van der Waals surface area (Å²) in [5.41, 5.74) is 6.78. The Morgan fingerprint density at radius 3 is 2.79 bits per heavy atom. The molecule has 0 saturated heterocycles. The topological polar surface area (TPSA) is 110 Å². The van der Waals surface area contributed by atoms with Gasteiger partial charge in [0.05, 0.1) is 0 Å². The summed E-state index contributed by atoms with van der Waals surface area (Å²) >= 11 is 0. The lowest BCUT2D eigenvalue weighted by atomic mass is 9.95. The Bertz CT molecular complexity index is 868. The van der Waals surface area contributed by atoms with Gasteiger partial charge in [-0.25, -0.2) is 4.98 Å². The number of nitrogens with two attached hydrogens (primary N) is 1. The summed E-state index contributed by atoms with van der Waals surface area (Å²) in [7, 11) is 1.49. The number of pyridine rings is 1. The number of aromatic nitrogens is 1. The molecule has 2 aromatic rings. The highest BCUT2D eigenvalue weighted by Crippen LogP contribution is 2.22. The van der Waals surface area contributed by atoms with E-state index in [9.17, 15) is 14.3 Å². The number of aliphatic hydroxyl groups is 1. The number of nitrogens with one attached hydrogen (secondary N) is 1. The third-order valence-electron chi connectivity index (χ3n) is 4.10. The highest BCUT2D eigenvalue weighted by Gasteiger charge is 2.21. The number of carbonyl (C=O) groups is 1. The number of rotatable bonds is 8. The average molecular weight is 388 g/mol. The third kappa shape index (κ3) is 5.50. The van der Waals surface area contributed by atoms with Gasteiger partial charge in [-0.05, 0) is 30.3 Å². The van der Waals surface area contributed by atoms with E-state index in [-0.39, 0.29) is 25.5 Å². The Kier molecular flexibility index (Phi) is 7.06. The molecule has 8 heteroatoms. The molecule has 0 spiro atoms. The van der Waals surface area contributed by atoms with Crippen molar-refractivity contribution in [3.8, 4) is 5.75 Å². The Hall–Kier alpha value is -3.00. The van der Waals surface area contributed by atoms with Crippen LogP contribution in [0.2, 0.25) is 0 Å². The van der Waals surface area contributed by atoms with Gasteiger partial charge >= 0.3 is 0 Å². The molecule has 28 heavy (non-hydrogen) atoms. The molecule has 4 N–H and O–H groups in total. The van der Waals surface area contributed by atoms with Gasteiger partial charge in [-0.2, -0.15) is 4.39 Å². The van der Waals surface area contributed by atoms with E-state index in [0.717, 1.165) is 0 Å². The smallest absolute Gasteiger partial charge is 0.270 e. The normalized spacial score (nSPS) is 12.0. The molecular weight excluding hydrogens is 363 g/mol. The molecule has 1 aromatic carbocycles. The number of anilines is 1. The van der Waals surface area contributed by atoms with E-state index >= 15 is 0 Å². The highest BCUT2D eigenvalue weighted by molar-refractivity contribution is 6.46. The quantitative estimate of drug-likeness (QED) is 0.364. The number of aliphatic hydroxyl groups excluding tert-OH is 1. The molecule has 0 fully saturated rings. The van der Waals surface area contributed by atoms with Gasteiger partial charge in [-0.3, -0.25) is 9.79 Å². The number of nitrogen functional groups attached to an aromatic ring is 1. The number of benzene rings is 1. The fraction of sp³-hybridized carbons (Fsp3) is 0.350. The fourth-order valence-corrected chi connectivity index (χ4v) is 2.32. The summed E-state index contributed by atoms with van der Waals surface area (Å²) in [4.78, 5) is 20.2. The number of nitrogens with zero attached hydrogens (tertiary/aromatic N) is 2. The first-order valence-corrected chi connectivity index (χ1v) is 8.75. The first-order chi connectivity index (χ1) is 13.3. The van der Waals surface area contributed by atoms with Gasteiger partial charge in [0.2, 0.25) is 5.95 Å². The van der Waals surface area contributed by atoms with Crippen LogP contribution in [0, 0.1) is 11.4 Å². The lowest BCUT2D eigenvalue weighted by Gasteiger charge is -2.22. The Labute approximate surface area is 163 Å². The van der Waals surface area contributed by atoms with Gasteiger partial charge in [-0.15, -0.1) is 0 Å². The van der Waals surface area contributed by atoms with Crippen LogP contribution in [0.25, 0.3) is 0 Å². The number of amides is 1. The van der Waals surface area contributed by atoms with E-state index in [1.54, 1.807) is 30.3 Å². The van der Waals surface area contributed by atoms with Crippen molar-refractivity contribution in [2.24, 2.45) is 10.4 Å². The molecule has 1 heterocycles. The molecule has 0 aliphatic heterocycles. The predicted octanol–water partition coefficient (Wildman–Crippen LogP) is 1.94. The van der Waals surface area contributed by atoms with Crippen LogP contribution in [0.3, 0.4) is 0 Å². The van der Waals surface area contributed by atoms with Crippen molar-refractivity contribution in [3.05, 3.63) is 53.6 Å². The number of hydrogen-bond donors (Lipinski definition) is 3. The lowest BCUT2D eigenvalue weighted by Crippen LogP contribution is -2.40. The maximum absolute atomic E-state index is 13.6. The molecule has 2 rings (SSSR count). The maximum Gasteiger partial charge on any atom is 0.270 e. The number of carbonyl (C=O) groups excluding carboxylic acids is 1. The molecule has 0 saturated carbocycles. The van der Waals surface area contributed by atoms with E-state index in [4.69, 9.17) is 10.5 Å². The van der Waals surface area contributed by atoms with E-state index in [0.29, 0.717) is 22.6 Å². The minimum Gasteiger partial charge on any atom is -0.489 e. The van der Waals surface area contributed by atoms with Crippen LogP contribution in [-0.4, -0.2) is 41.9 Å². The molecule has 0 unspecified atom stereocenters. The zero-order valence-corrected chi connectivity index (χ0v) is 16.2. The van der Waals surface area contributed by atoms with Crippen molar-refractivity contribution in [1.82, 2.24) is 10.3 Å². The Morgan fingerprint density at radius 2 is 2.14 bits per heavy atom. The van der Waals surface area contributed by atoms with Crippen molar-refractivity contribution < 1.29 is 19.0 Å². The standard InChI is InChI=1S/C20H25FN4O3/c1-20(2,12-26)11-25-19(27)17(23-3)15-9-14(6-7-16(15)22)28-10-13-5-4-8-24-18(13)21/h4-9,26H,10-12,22H2,1-3H3,(H,25,27). The molecule has 150 valence electrons. The molecular formula is C20H25FN4O3. The summed E-state index contributed by atoms with van der Waals surface area (Å²) in [6.45, 7) is 3.85. The van der Waals surface area contributed by atoms with Crippen LogP contribution in [0.15, 0.2) is 41.5 Å². The van der Waals surface area contributed by atoms with Gasteiger partial charge in [-0.1, -0.05) is 13.8 Å². The lowest BCUT2D eigenvalue weighted by molar-refractivity contribution is -0.115. The minimum absolute atomic E-state index is 0.0154. The first kappa shape index (κ1) is 21.3. The highest BCUT2D eigenvalue weighted by atomic mass is 19.1. The Balaban J connectivity index is 2.16. The number of halogens is 1. The molecule has 1 aromatic heterocycles. The summed E-state index contributed by atoms with van der Waals surface area (Å²) in [5, 5.41) is 12.1. The number of aliphatic imine (C=N–C) groups is 1. The molecule has 0 aliphatic carbocycles. The largest absolute Gasteiger partial charge is 0.489 e. The first-order valence-electron chi connectivity index (χ1n) is 8.75. The van der Waals surface area contributed by atoms with E-state index in [1.807, 2.05) is 13.8 Å². The van der Waals surface area contributed by atoms with Gasteiger partial charge in [0.25, 0.3) is 5.91 Å². The third-order valence-corrected chi connectivity index (χ3v) is 4.10. The van der Waals surface area contributed by atoms with Gasteiger partial charge in [0, 0.05) is 48.6 Å². The van der Waals surface area contributed by atoms with Crippen LogP contribution in [0.1, 0.15) is 25.0 Å². The summed E-state index contributed by atoms with van der Waals surface area (Å²) in [6.07, 6.45) is 1.36. The zero-order valence-electron chi connectivity index (χ0n) is 16.2. The maximum atomic E-state index is 13.6. The van der Waals surface area contributed by atoms with Crippen molar-refractivity contribution in [2.75, 3.05) is 25.9 Å². The van der Waals surface area contributed by atoms with Crippen LogP contribution in [-0.2, 0) is 11.4 Å². The average Bonchev–Trinajstić information content (AvgIpc) is 2.68. The SMILES string of the molecule is CN=C(C(=O)NCC(C)(C)CO)c1cc(OCc2cccnc2F)ccc1N. The van der Waals surface area contributed by atoms with Crippen molar-refractivity contribution in [3.63, 3.8) is 0 Å². The van der Waals surface area contributed by atoms with Crippen LogP contribution in [0.4, 0.5) is 10.1 Å². The number of ether oxygens (including phenoxy) is 1. The van der Waals surface area contributed by atoms with Crippen molar-refractivity contribution >= 4 is 17.3 Å². The molecule has 0 atom stereocenters. The van der Waals surface area contributed by atoms with Crippen LogP contribution in [0.5, 0.6) is 5.75 Å². The molecule has 0 aliphatic rings. The molecule has 0 radical (unpaired) electrons. The van der Waals surface area contributed by atoms with Crippen molar-refractivity contribution in [1.29, 1.82) is 0 Å². The molecule has 7 nitrogen and oxygen atoms in total. The minimum atomic E-state index is -0.597. The van der Waals surface area contributed by atoms with E-state index in [1.165, 1.54) is 13.2 Å². The predicted molar refractivity (Wildman–Crippen MR) is 106 cm³/mol. The second-order valence-corrected chi connectivity index (χ2v) is 7.07. The summed E-state index contributed by atoms with van der Waals surface area (Å²) in [5.74, 6) is -0.594. The van der Waals surface area contributed by atoms with E-state index < -0.39 is 17.3 Å². The van der Waals surface area contributed by atoms with Crippen LogP contribution >= 0.6 is 0 Å². The molecule has 1 amide bonds. The molecule has 0 bridgehead atoms. The second-order valence-electron chi connectivity index (χ2n) is 7.07. The summed E-state index contributed by atoms with van der Waals surface area (Å²) in [6, 6.07) is 8.02. The van der Waals surface area contributed by atoms with Gasteiger partial charge < -0.3 is 20.9 Å².